The van der Waals surface area contributed by atoms with Gasteiger partial charge in [0.15, 0.2) is 0 Å². The Morgan fingerprint density at radius 2 is 2.17 bits per heavy atom. The smallest absolute Gasteiger partial charge is 0.326 e. The maximum atomic E-state index is 12.8. The number of carbonyl (C=O) groups is 3. The number of allylic oxidation sites excluding steroid dienone is 2. The predicted molar refractivity (Wildman–Crippen MR) is 88.0 cm³/mol. The van der Waals surface area contributed by atoms with E-state index in [1.807, 2.05) is 6.92 Å². The van der Waals surface area contributed by atoms with Crippen LogP contribution in [-0.2, 0) is 14.3 Å². The van der Waals surface area contributed by atoms with Gasteiger partial charge in [0.25, 0.3) is 5.91 Å². The van der Waals surface area contributed by atoms with Crippen molar-refractivity contribution in [2.45, 2.75) is 57.4 Å². The molecular weight excluding hydrogens is 308 g/mol. The molecule has 3 atom stereocenters. The van der Waals surface area contributed by atoms with Crippen molar-refractivity contribution in [3.8, 4) is 0 Å². The van der Waals surface area contributed by atoms with Crippen molar-refractivity contribution in [1.29, 1.82) is 0 Å². The van der Waals surface area contributed by atoms with Gasteiger partial charge in [-0.2, -0.15) is 0 Å². The first-order chi connectivity index (χ1) is 11.5. The van der Waals surface area contributed by atoms with E-state index < -0.39 is 17.5 Å². The van der Waals surface area contributed by atoms with Gasteiger partial charge in [-0.1, -0.05) is 31.9 Å². The van der Waals surface area contributed by atoms with Crippen LogP contribution in [0.1, 0.15) is 51.9 Å². The normalized spacial score (nSPS) is 33.0. The Morgan fingerprint density at radius 3 is 2.88 bits per heavy atom. The third kappa shape index (κ3) is 3.19. The number of nitrogens with one attached hydrogen (secondary N) is 1. The number of esters is 1. The summed E-state index contributed by atoms with van der Waals surface area (Å²) in [7, 11) is 0. The molecule has 3 rings (SSSR count). The van der Waals surface area contributed by atoms with Gasteiger partial charge in [-0.25, -0.2) is 4.79 Å². The summed E-state index contributed by atoms with van der Waals surface area (Å²) < 4.78 is 5.30. The molecule has 2 fully saturated rings. The van der Waals surface area contributed by atoms with Crippen LogP contribution in [0.2, 0.25) is 0 Å². The molecule has 6 heteroatoms. The Morgan fingerprint density at radius 1 is 1.33 bits per heavy atom. The first kappa shape index (κ1) is 17.0. The molecule has 1 saturated heterocycles. The first-order valence-electron chi connectivity index (χ1n) is 8.97. The van der Waals surface area contributed by atoms with Gasteiger partial charge in [-0.15, -0.1) is 0 Å². The minimum atomic E-state index is -0.816. The topological polar surface area (TPSA) is 75.7 Å². The number of rotatable bonds is 4. The van der Waals surface area contributed by atoms with Crippen molar-refractivity contribution in [2.24, 2.45) is 11.8 Å². The fourth-order valence-electron chi connectivity index (χ4n) is 4.03. The number of imide groups is 1. The van der Waals surface area contributed by atoms with Crippen LogP contribution in [0.3, 0.4) is 0 Å². The van der Waals surface area contributed by atoms with E-state index in [-0.39, 0.29) is 18.4 Å². The van der Waals surface area contributed by atoms with Crippen molar-refractivity contribution in [3.63, 3.8) is 0 Å². The molecule has 0 bridgehead atoms. The van der Waals surface area contributed by atoms with Gasteiger partial charge >= 0.3 is 12.0 Å². The van der Waals surface area contributed by atoms with E-state index in [9.17, 15) is 14.4 Å². The van der Waals surface area contributed by atoms with Crippen molar-refractivity contribution in [2.75, 3.05) is 13.2 Å². The van der Waals surface area contributed by atoms with Crippen LogP contribution in [0, 0.1) is 11.8 Å². The lowest BCUT2D eigenvalue weighted by Crippen LogP contribution is -2.54. The summed E-state index contributed by atoms with van der Waals surface area (Å²) in [6.45, 7) is 2.06. The van der Waals surface area contributed by atoms with Gasteiger partial charge < -0.3 is 10.1 Å². The third-order valence-electron chi connectivity index (χ3n) is 5.65. The molecule has 1 N–H and O–H groups in total. The van der Waals surface area contributed by atoms with E-state index >= 15 is 0 Å². The highest BCUT2D eigenvalue weighted by molar-refractivity contribution is 6.08. The number of ether oxygens (including phenoxy) is 1. The lowest BCUT2D eigenvalue weighted by molar-refractivity contribution is -0.149. The monoisotopic (exact) mass is 334 g/mol. The van der Waals surface area contributed by atoms with Crippen molar-refractivity contribution in [3.05, 3.63) is 12.2 Å². The summed E-state index contributed by atoms with van der Waals surface area (Å²) in [6, 6.07) is -0.466. The van der Waals surface area contributed by atoms with Crippen LogP contribution in [0.5, 0.6) is 0 Å². The molecule has 24 heavy (non-hydrogen) atoms. The molecule has 132 valence electrons. The Labute approximate surface area is 142 Å². The molecule has 6 nitrogen and oxygen atoms in total. The standard InChI is InChI=1S/C18H26N2O4/c1-13-7-5-6-10-18(13)16(22)20(17(23)19-18)11-15(21)24-12-14-8-3-2-4-9-14/h2-3,13-14H,4-12H2,1H3,(H,19,23). The van der Waals surface area contributed by atoms with E-state index in [1.54, 1.807) is 0 Å². The third-order valence-corrected chi connectivity index (χ3v) is 5.65. The number of carbonyl (C=O) groups excluding carboxylic acids is 3. The van der Waals surface area contributed by atoms with Gasteiger partial charge in [0, 0.05) is 0 Å². The lowest BCUT2D eigenvalue weighted by atomic mass is 9.73. The second kappa shape index (κ2) is 6.95. The van der Waals surface area contributed by atoms with Crippen LogP contribution in [-0.4, -0.2) is 41.5 Å². The highest BCUT2D eigenvalue weighted by Gasteiger charge is 2.55. The summed E-state index contributed by atoms with van der Waals surface area (Å²) in [5.41, 5.74) is -0.816. The summed E-state index contributed by atoms with van der Waals surface area (Å²) in [5.74, 6) is -0.338. The summed E-state index contributed by atoms with van der Waals surface area (Å²) >= 11 is 0. The van der Waals surface area contributed by atoms with E-state index in [0.29, 0.717) is 18.9 Å². The molecule has 0 aromatic rings. The van der Waals surface area contributed by atoms with Crippen LogP contribution in [0.15, 0.2) is 12.2 Å². The highest BCUT2D eigenvalue weighted by atomic mass is 16.5. The fourth-order valence-corrected chi connectivity index (χ4v) is 4.03. The summed E-state index contributed by atoms with van der Waals surface area (Å²) in [5, 5.41) is 2.85. The maximum absolute atomic E-state index is 12.8. The fraction of sp³-hybridized carbons (Fsp3) is 0.722. The van der Waals surface area contributed by atoms with Gasteiger partial charge in [0.05, 0.1) is 6.61 Å². The quantitative estimate of drug-likeness (QED) is 0.486. The zero-order valence-corrected chi connectivity index (χ0v) is 14.3. The van der Waals surface area contributed by atoms with E-state index in [0.717, 1.165) is 43.4 Å². The van der Waals surface area contributed by atoms with E-state index in [1.165, 1.54) is 0 Å². The average Bonchev–Trinajstić information content (AvgIpc) is 2.82. The average molecular weight is 334 g/mol. The molecule has 0 aromatic carbocycles. The van der Waals surface area contributed by atoms with Crippen molar-refractivity contribution < 1.29 is 19.1 Å². The van der Waals surface area contributed by atoms with Crippen molar-refractivity contribution >= 4 is 17.9 Å². The Bertz CT molecular complexity index is 559. The molecule has 0 radical (unpaired) electrons. The molecule has 1 heterocycles. The number of hydrogen-bond acceptors (Lipinski definition) is 4. The second-order valence-electron chi connectivity index (χ2n) is 7.27. The molecule has 1 saturated carbocycles. The first-order valence-corrected chi connectivity index (χ1v) is 8.97. The molecule has 0 aromatic heterocycles. The van der Waals surface area contributed by atoms with Crippen LogP contribution in [0.4, 0.5) is 4.79 Å². The Hall–Kier alpha value is -1.85. The molecule has 1 aliphatic heterocycles. The molecule has 3 unspecified atom stereocenters. The van der Waals surface area contributed by atoms with Crippen molar-refractivity contribution in [1.82, 2.24) is 10.2 Å². The van der Waals surface area contributed by atoms with Crippen LogP contribution in [0.25, 0.3) is 0 Å². The summed E-state index contributed by atoms with van der Waals surface area (Å²) in [6.07, 6.45) is 10.7. The van der Waals surface area contributed by atoms with Gasteiger partial charge in [-0.3, -0.25) is 14.5 Å². The summed E-state index contributed by atoms with van der Waals surface area (Å²) in [4.78, 5) is 38.1. The molecule has 3 aliphatic rings. The minimum absolute atomic E-state index is 0.0951. The largest absolute Gasteiger partial charge is 0.464 e. The minimum Gasteiger partial charge on any atom is -0.464 e. The number of hydrogen-bond donors (Lipinski definition) is 1. The number of amides is 3. The maximum Gasteiger partial charge on any atom is 0.326 e. The molecule has 1 spiro atoms. The van der Waals surface area contributed by atoms with E-state index in [4.69, 9.17) is 4.74 Å². The number of nitrogens with zero attached hydrogens (tertiary/aromatic N) is 1. The molecular formula is C18H26N2O4. The Kier molecular flexibility index (Phi) is 4.92. The predicted octanol–water partition coefficient (Wildman–Crippen LogP) is 2.39. The second-order valence-corrected chi connectivity index (χ2v) is 7.27. The van der Waals surface area contributed by atoms with E-state index in [2.05, 4.69) is 17.5 Å². The molecule has 2 aliphatic carbocycles. The van der Waals surface area contributed by atoms with Gasteiger partial charge in [0.2, 0.25) is 0 Å². The zero-order chi connectivity index (χ0) is 17.2. The number of urea groups is 1. The Balaban J connectivity index is 1.56. The van der Waals surface area contributed by atoms with Gasteiger partial charge in [-0.05, 0) is 43.9 Å². The SMILES string of the molecule is CC1CCCCC12NC(=O)N(CC(=O)OCC1CC=CCC1)C2=O. The zero-order valence-electron chi connectivity index (χ0n) is 14.3. The van der Waals surface area contributed by atoms with Gasteiger partial charge in [0.1, 0.15) is 12.1 Å². The van der Waals surface area contributed by atoms with Crippen LogP contribution < -0.4 is 5.32 Å². The van der Waals surface area contributed by atoms with Crippen LogP contribution >= 0.6 is 0 Å². The molecule has 3 amide bonds. The highest BCUT2D eigenvalue weighted by Crippen LogP contribution is 2.38. The lowest BCUT2D eigenvalue weighted by Gasteiger charge is -2.36.